The standard InChI is InChI=1S/C25H28FNO2.ClH/c26-22-10-8-20(9-11-22)24(28)21-13-16-27(17-14-21)15-12-19-6-3-5-18-4-1-2-7-23(18)25(19)29;/h1-2,4,7-11,19,21H,3,5-6,12-17H2;1H. The van der Waals surface area contributed by atoms with E-state index in [0.717, 1.165) is 63.7 Å². The van der Waals surface area contributed by atoms with Gasteiger partial charge in [0.15, 0.2) is 11.6 Å². The van der Waals surface area contributed by atoms with Gasteiger partial charge in [0.05, 0.1) is 0 Å². The molecule has 3 nitrogen and oxygen atoms in total. The Kier molecular flexibility index (Phi) is 7.79. The normalized spacial score (nSPS) is 20.2. The molecule has 0 radical (unpaired) electrons. The molecule has 1 saturated heterocycles. The maximum atomic E-state index is 13.1. The molecule has 1 aliphatic heterocycles. The van der Waals surface area contributed by atoms with Gasteiger partial charge in [-0.3, -0.25) is 9.59 Å². The number of ketones is 2. The van der Waals surface area contributed by atoms with Crippen molar-refractivity contribution < 1.29 is 14.0 Å². The van der Waals surface area contributed by atoms with Crippen LogP contribution in [0.4, 0.5) is 4.39 Å². The molecular weight excluding hydrogens is 401 g/mol. The van der Waals surface area contributed by atoms with Crippen LogP contribution in [-0.4, -0.2) is 36.1 Å². The number of Topliss-reactive ketones (excluding diaryl/α,β-unsaturated/α-hetero) is 2. The molecule has 2 aromatic carbocycles. The van der Waals surface area contributed by atoms with E-state index in [0.29, 0.717) is 11.3 Å². The van der Waals surface area contributed by atoms with Crippen molar-refractivity contribution in [2.24, 2.45) is 11.8 Å². The zero-order valence-electron chi connectivity index (χ0n) is 17.2. The first-order valence-electron chi connectivity index (χ1n) is 10.8. The monoisotopic (exact) mass is 429 g/mol. The molecule has 0 saturated carbocycles. The molecule has 2 aliphatic rings. The molecule has 1 heterocycles. The molecule has 2 aromatic rings. The number of hydrogen-bond acceptors (Lipinski definition) is 3. The number of benzene rings is 2. The first kappa shape index (κ1) is 22.6. The Balaban J connectivity index is 0.00000256. The summed E-state index contributed by atoms with van der Waals surface area (Å²) in [7, 11) is 0. The highest BCUT2D eigenvalue weighted by molar-refractivity contribution is 5.99. The average Bonchev–Trinajstić information content (AvgIpc) is 2.92. The number of fused-ring (bicyclic) bond motifs is 1. The van der Waals surface area contributed by atoms with Crippen molar-refractivity contribution in [3.63, 3.8) is 0 Å². The van der Waals surface area contributed by atoms with Gasteiger partial charge in [-0.05, 0) is 88.0 Å². The van der Waals surface area contributed by atoms with Crippen LogP contribution in [0.1, 0.15) is 58.4 Å². The first-order chi connectivity index (χ1) is 14.1. The molecule has 5 heteroatoms. The Labute approximate surface area is 184 Å². The van der Waals surface area contributed by atoms with Crippen LogP contribution in [0, 0.1) is 17.7 Å². The summed E-state index contributed by atoms with van der Waals surface area (Å²) >= 11 is 0. The van der Waals surface area contributed by atoms with E-state index in [1.54, 1.807) is 12.1 Å². The molecule has 160 valence electrons. The third-order valence-electron chi connectivity index (χ3n) is 6.53. The second-order valence-corrected chi connectivity index (χ2v) is 8.39. The van der Waals surface area contributed by atoms with E-state index in [2.05, 4.69) is 11.0 Å². The van der Waals surface area contributed by atoms with Gasteiger partial charge in [-0.25, -0.2) is 4.39 Å². The van der Waals surface area contributed by atoms with E-state index in [9.17, 15) is 14.0 Å². The lowest BCUT2D eigenvalue weighted by molar-refractivity contribution is 0.0824. The van der Waals surface area contributed by atoms with Crippen molar-refractivity contribution in [1.82, 2.24) is 4.90 Å². The largest absolute Gasteiger partial charge is 0.303 e. The van der Waals surface area contributed by atoms with Crippen molar-refractivity contribution in [2.75, 3.05) is 19.6 Å². The lowest BCUT2D eigenvalue weighted by atomic mass is 9.88. The van der Waals surface area contributed by atoms with Gasteiger partial charge in [-0.1, -0.05) is 24.3 Å². The number of piperidine rings is 1. The fourth-order valence-electron chi connectivity index (χ4n) is 4.75. The first-order valence-corrected chi connectivity index (χ1v) is 10.8. The van der Waals surface area contributed by atoms with Crippen molar-refractivity contribution in [1.29, 1.82) is 0 Å². The SMILES string of the molecule is Cl.O=C(c1ccc(F)cc1)C1CCN(CCC2CCCc3ccccc3C2=O)CC1. The third kappa shape index (κ3) is 5.16. The Bertz CT molecular complexity index is 875. The lowest BCUT2D eigenvalue weighted by Gasteiger charge is -2.32. The lowest BCUT2D eigenvalue weighted by Crippen LogP contribution is -2.37. The molecule has 1 fully saturated rings. The summed E-state index contributed by atoms with van der Waals surface area (Å²) in [6.07, 6.45) is 5.59. The number of halogens is 2. The molecule has 1 unspecified atom stereocenters. The third-order valence-corrected chi connectivity index (χ3v) is 6.53. The molecule has 1 aliphatic carbocycles. The van der Waals surface area contributed by atoms with Crippen LogP contribution in [0.25, 0.3) is 0 Å². The van der Waals surface area contributed by atoms with Gasteiger partial charge in [-0.2, -0.15) is 0 Å². The highest BCUT2D eigenvalue weighted by atomic mass is 35.5. The van der Waals surface area contributed by atoms with Gasteiger partial charge in [0.25, 0.3) is 0 Å². The van der Waals surface area contributed by atoms with Crippen LogP contribution in [-0.2, 0) is 6.42 Å². The van der Waals surface area contributed by atoms with Crippen LogP contribution < -0.4 is 0 Å². The fraction of sp³-hybridized carbons (Fsp3) is 0.440. The summed E-state index contributed by atoms with van der Waals surface area (Å²) in [4.78, 5) is 28.0. The average molecular weight is 430 g/mol. The molecule has 4 rings (SSSR count). The molecule has 30 heavy (non-hydrogen) atoms. The van der Waals surface area contributed by atoms with Crippen LogP contribution in [0.5, 0.6) is 0 Å². The highest BCUT2D eigenvalue weighted by Gasteiger charge is 2.28. The minimum absolute atomic E-state index is 0. The van der Waals surface area contributed by atoms with E-state index in [-0.39, 0.29) is 35.8 Å². The van der Waals surface area contributed by atoms with Gasteiger partial charge < -0.3 is 4.90 Å². The molecule has 0 spiro atoms. The topological polar surface area (TPSA) is 37.4 Å². The van der Waals surface area contributed by atoms with Crippen LogP contribution in [0.3, 0.4) is 0 Å². The van der Waals surface area contributed by atoms with Crippen molar-refractivity contribution in [2.45, 2.75) is 38.5 Å². The second-order valence-electron chi connectivity index (χ2n) is 8.39. The van der Waals surface area contributed by atoms with Gasteiger partial charge in [0.2, 0.25) is 0 Å². The number of rotatable bonds is 5. The van der Waals surface area contributed by atoms with Crippen molar-refractivity contribution >= 4 is 24.0 Å². The number of nitrogens with zero attached hydrogens (tertiary/aromatic N) is 1. The number of hydrogen-bond donors (Lipinski definition) is 0. The van der Waals surface area contributed by atoms with Gasteiger partial charge in [0, 0.05) is 23.0 Å². The summed E-state index contributed by atoms with van der Waals surface area (Å²) < 4.78 is 13.1. The maximum Gasteiger partial charge on any atom is 0.166 e. The van der Waals surface area contributed by atoms with E-state index >= 15 is 0 Å². The Morgan fingerprint density at radius 1 is 1.00 bits per heavy atom. The van der Waals surface area contributed by atoms with Crippen molar-refractivity contribution in [3.8, 4) is 0 Å². The van der Waals surface area contributed by atoms with E-state index in [1.165, 1.54) is 17.7 Å². The minimum Gasteiger partial charge on any atom is -0.303 e. The minimum atomic E-state index is -0.313. The smallest absolute Gasteiger partial charge is 0.166 e. The second kappa shape index (κ2) is 10.3. The summed E-state index contributed by atoms with van der Waals surface area (Å²) in [5, 5.41) is 0. The van der Waals surface area contributed by atoms with Crippen molar-refractivity contribution in [3.05, 3.63) is 71.0 Å². The van der Waals surface area contributed by atoms with Crippen LogP contribution in [0.15, 0.2) is 48.5 Å². The fourth-order valence-corrected chi connectivity index (χ4v) is 4.75. The predicted octanol–water partition coefficient (Wildman–Crippen LogP) is 5.37. The number of aryl methyl sites for hydroxylation is 1. The highest BCUT2D eigenvalue weighted by Crippen LogP contribution is 2.28. The van der Waals surface area contributed by atoms with E-state index < -0.39 is 0 Å². The molecule has 0 aromatic heterocycles. The Hall–Kier alpha value is -2.04. The molecular formula is C25H29ClFNO2. The maximum absolute atomic E-state index is 13.1. The predicted molar refractivity (Wildman–Crippen MR) is 119 cm³/mol. The van der Waals surface area contributed by atoms with E-state index in [4.69, 9.17) is 0 Å². The van der Waals surface area contributed by atoms with Gasteiger partial charge >= 0.3 is 0 Å². The number of likely N-dealkylation sites (tertiary alicyclic amines) is 1. The molecule has 0 N–H and O–H groups in total. The number of carbonyl (C=O) groups is 2. The molecule has 1 atom stereocenters. The van der Waals surface area contributed by atoms with E-state index in [1.807, 2.05) is 18.2 Å². The van der Waals surface area contributed by atoms with Gasteiger partial charge in [-0.15, -0.1) is 12.4 Å². The summed E-state index contributed by atoms with van der Waals surface area (Å²) in [6.45, 7) is 2.68. The Morgan fingerprint density at radius 2 is 1.70 bits per heavy atom. The molecule has 0 amide bonds. The number of carbonyl (C=O) groups excluding carboxylic acids is 2. The Morgan fingerprint density at radius 3 is 2.43 bits per heavy atom. The summed E-state index contributed by atoms with van der Waals surface area (Å²) in [6, 6.07) is 13.9. The van der Waals surface area contributed by atoms with Gasteiger partial charge in [0.1, 0.15) is 5.82 Å². The summed E-state index contributed by atoms with van der Waals surface area (Å²) in [5.41, 5.74) is 2.71. The zero-order chi connectivity index (χ0) is 20.2. The zero-order valence-corrected chi connectivity index (χ0v) is 18.0. The summed E-state index contributed by atoms with van der Waals surface area (Å²) in [5.74, 6) is 0.243. The van der Waals surface area contributed by atoms with Crippen LogP contribution >= 0.6 is 12.4 Å². The van der Waals surface area contributed by atoms with Crippen LogP contribution in [0.2, 0.25) is 0 Å². The molecule has 0 bridgehead atoms. The quantitative estimate of drug-likeness (QED) is 0.473.